The van der Waals surface area contributed by atoms with E-state index in [0.29, 0.717) is 6.54 Å². The second-order valence-electron chi connectivity index (χ2n) is 7.43. The van der Waals surface area contributed by atoms with Gasteiger partial charge >= 0.3 is 0 Å². The molecule has 2 aromatic rings. The molecule has 26 heavy (non-hydrogen) atoms. The summed E-state index contributed by atoms with van der Waals surface area (Å²) in [7, 11) is -3.39. The number of nitrogens with one attached hydrogen (secondary N) is 1. The lowest BCUT2D eigenvalue weighted by molar-refractivity contribution is 0.203. The molecule has 1 aromatic heterocycles. The summed E-state index contributed by atoms with van der Waals surface area (Å²) in [5.74, 6) is 0.00806. The van der Waals surface area contributed by atoms with Gasteiger partial charge in [0, 0.05) is 21.7 Å². The summed E-state index contributed by atoms with van der Waals surface area (Å²) >= 11 is 1.61. The van der Waals surface area contributed by atoms with Gasteiger partial charge in [-0.05, 0) is 44.4 Å². The highest BCUT2D eigenvalue weighted by molar-refractivity contribution is 7.88. The van der Waals surface area contributed by atoms with Crippen LogP contribution in [0, 0.1) is 6.92 Å². The lowest BCUT2D eigenvalue weighted by Gasteiger charge is -2.28. The molecular weight excluding hydrogens is 366 g/mol. The highest BCUT2D eigenvalue weighted by Crippen LogP contribution is 2.44. The first-order valence-corrected chi connectivity index (χ1v) is 11.6. The van der Waals surface area contributed by atoms with Crippen LogP contribution in [0.2, 0.25) is 0 Å². The average molecular weight is 394 g/mol. The Labute approximate surface area is 160 Å². The fourth-order valence-corrected chi connectivity index (χ4v) is 6.15. The van der Waals surface area contributed by atoms with Crippen LogP contribution >= 0.6 is 11.3 Å². The Kier molecular flexibility index (Phi) is 5.87. The number of rotatable bonds is 7. The summed E-state index contributed by atoms with van der Waals surface area (Å²) in [5.41, 5.74) is 1.73. The van der Waals surface area contributed by atoms with Gasteiger partial charge in [0.15, 0.2) is 0 Å². The van der Waals surface area contributed by atoms with Crippen LogP contribution in [0.1, 0.15) is 59.6 Å². The third-order valence-electron chi connectivity index (χ3n) is 5.19. The van der Waals surface area contributed by atoms with Gasteiger partial charge in [-0.1, -0.05) is 42.7 Å². The Morgan fingerprint density at radius 2 is 1.96 bits per heavy atom. The fourth-order valence-electron chi connectivity index (χ4n) is 3.74. The van der Waals surface area contributed by atoms with Crippen molar-refractivity contribution in [2.75, 3.05) is 6.54 Å². The number of aliphatic hydroxyl groups is 1. The summed E-state index contributed by atoms with van der Waals surface area (Å²) in [6.45, 7) is 4.16. The predicted octanol–water partition coefficient (Wildman–Crippen LogP) is 4.04. The van der Waals surface area contributed by atoms with E-state index < -0.39 is 16.1 Å². The van der Waals surface area contributed by atoms with Crippen molar-refractivity contribution in [2.24, 2.45) is 0 Å². The second-order valence-corrected chi connectivity index (χ2v) is 10.4. The molecular formula is C20H27NO3S2. The molecule has 1 aliphatic carbocycles. The maximum Gasteiger partial charge on any atom is 0.215 e. The number of aryl methyl sites for hydroxylation is 1. The number of thiophene rings is 1. The minimum absolute atomic E-state index is 0.00806. The molecule has 0 saturated heterocycles. The number of benzene rings is 1. The summed E-state index contributed by atoms with van der Waals surface area (Å²) in [4.78, 5) is 2.12. The zero-order valence-corrected chi connectivity index (χ0v) is 17.0. The normalized spacial score (nSPS) is 18.1. The molecule has 0 aliphatic heterocycles. The molecule has 2 N–H and O–H groups in total. The van der Waals surface area contributed by atoms with Gasteiger partial charge < -0.3 is 5.11 Å². The lowest BCUT2D eigenvalue weighted by Crippen LogP contribution is -2.39. The first-order valence-electron chi connectivity index (χ1n) is 9.11. The molecule has 0 radical (unpaired) electrons. The van der Waals surface area contributed by atoms with E-state index >= 15 is 0 Å². The minimum Gasteiger partial charge on any atom is -0.388 e. The third kappa shape index (κ3) is 4.55. The van der Waals surface area contributed by atoms with Crippen molar-refractivity contribution in [3.05, 3.63) is 57.3 Å². The molecule has 1 unspecified atom stereocenters. The standard InChI is InChI=1S/C20H27NO3S2/c1-15-6-5-7-17(12-15)13-26(23,24)21-14-20(10-3-4-11-20)19-9-8-18(25-19)16(2)22/h5-9,12,16,21-22H,3-4,10-11,13-14H2,1-2H3. The largest absolute Gasteiger partial charge is 0.388 e. The molecule has 0 spiro atoms. The van der Waals surface area contributed by atoms with Crippen LogP contribution in [0.3, 0.4) is 0 Å². The van der Waals surface area contributed by atoms with Crippen LogP contribution in [-0.4, -0.2) is 20.1 Å². The molecule has 1 aliphatic rings. The van der Waals surface area contributed by atoms with Crippen LogP contribution in [-0.2, 0) is 21.2 Å². The zero-order chi connectivity index (χ0) is 18.8. The van der Waals surface area contributed by atoms with Crippen molar-refractivity contribution < 1.29 is 13.5 Å². The molecule has 1 atom stereocenters. The third-order valence-corrected chi connectivity index (χ3v) is 7.99. The molecule has 142 valence electrons. The molecule has 6 heteroatoms. The summed E-state index contributed by atoms with van der Waals surface area (Å²) < 4.78 is 28.1. The van der Waals surface area contributed by atoms with E-state index in [0.717, 1.165) is 41.7 Å². The van der Waals surface area contributed by atoms with Crippen LogP contribution in [0.5, 0.6) is 0 Å². The maximum absolute atomic E-state index is 12.6. The monoisotopic (exact) mass is 393 g/mol. The predicted molar refractivity (Wildman–Crippen MR) is 107 cm³/mol. The molecule has 1 saturated carbocycles. The smallest absolute Gasteiger partial charge is 0.215 e. The van der Waals surface area contributed by atoms with Crippen molar-refractivity contribution in [1.82, 2.24) is 4.72 Å². The number of sulfonamides is 1. The first kappa shape index (κ1) is 19.5. The number of hydrogen-bond acceptors (Lipinski definition) is 4. The summed E-state index contributed by atoms with van der Waals surface area (Å²) in [5, 5.41) is 9.81. The van der Waals surface area contributed by atoms with Gasteiger partial charge in [-0.25, -0.2) is 13.1 Å². The van der Waals surface area contributed by atoms with E-state index in [1.807, 2.05) is 37.3 Å². The van der Waals surface area contributed by atoms with Crippen molar-refractivity contribution in [3.63, 3.8) is 0 Å². The first-order chi connectivity index (χ1) is 12.3. The highest BCUT2D eigenvalue weighted by Gasteiger charge is 2.38. The maximum atomic E-state index is 12.6. The van der Waals surface area contributed by atoms with Crippen molar-refractivity contribution in [2.45, 2.75) is 56.8 Å². The van der Waals surface area contributed by atoms with E-state index in [9.17, 15) is 13.5 Å². The Balaban J connectivity index is 1.74. The van der Waals surface area contributed by atoms with Gasteiger partial charge in [0.2, 0.25) is 10.0 Å². The fraction of sp³-hybridized carbons (Fsp3) is 0.500. The Morgan fingerprint density at radius 3 is 2.58 bits per heavy atom. The van der Waals surface area contributed by atoms with E-state index in [-0.39, 0.29) is 11.2 Å². The molecule has 1 fully saturated rings. The zero-order valence-electron chi connectivity index (χ0n) is 15.4. The molecule has 4 nitrogen and oxygen atoms in total. The molecule has 3 rings (SSSR count). The van der Waals surface area contributed by atoms with Gasteiger partial charge in [0.05, 0.1) is 11.9 Å². The highest BCUT2D eigenvalue weighted by atomic mass is 32.2. The van der Waals surface area contributed by atoms with E-state index in [4.69, 9.17) is 0 Å². The van der Waals surface area contributed by atoms with Gasteiger partial charge in [-0.3, -0.25) is 0 Å². The number of aliphatic hydroxyl groups excluding tert-OH is 1. The van der Waals surface area contributed by atoms with Crippen LogP contribution in [0.4, 0.5) is 0 Å². The van der Waals surface area contributed by atoms with Crippen LogP contribution in [0.15, 0.2) is 36.4 Å². The quantitative estimate of drug-likeness (QED) is 0.746. The van der Waals surface area contributed by atoms with E-state index in [1.165, 1.54) is 4.88 Å². The Morgan fingerprint density at radius 1 is 1.23 bits per heavy atom. The summed E-state index contributed by atoms with van der Waals surface area (Å²) in [6, 6.07) is 11.7. The minimum atomic E-state index is -3.39. The number of hydrogen-bond donors (Lipinski definition) is 2. The molecule has 0 bridgehead atoms. The van der Waals surface area contributed by atoms with E-state index in [2.05, 4.69) is 10.8 Å². The van der Waals surface area contributed by atoms with Crippen molar-refractivity contribution in [3.8, 4) is 0 Å². The van der Waals surface area contributed by atoms with Gasteiger partial charge in [-0.15, -0.1) is 11.3 Å². The average Bonchev–Trinajstić information content (AvgIpc) is 3.23. The lowest BCUT2D eigenvalue weighted by atomic mass is 9.85. The van der Waals surface area contributed by atoms with Crippen LogP contribution < -0.4 is 4.72 Å². The molecule has 1 aromatic carbocycles. The van der Waals surface area contributed by atoms with Gasteiger partial charge in [0.25, 0.3) is 0 Å². The topological polar surface area (TPSA) is 66.4 Å². The van der Waals surface area contributed by atoms with Crippen LogP contribution in [0.25, 0.3) is 0 Å². The Hall–Kier alpha value is -1.21. The van der Waals surface area contributed by atoms with Gasteiger partial charge in [-0.2, -0.15) is 0 Å². The summed E-state index contributed by atoms with van der Waals surface area (Å²) in [6.07, 6.45) is 3.72. The SMILES string of the molecule is Cc1cccc(CS(=O)(=O)NCC2(c3ccc(C(C)O)s3)CCCC2)c1. The van der Waals surface area contributed by atoms with Crippen molar-refractivity contribution in [1.29, 1.82) is 0 Å². The van der Waals surface area contributed by atoms with E-state index in [1.54, 1.807) is 18.3 Å². The van der Waals surface area contributed by atoms with Gasteiger partial charge in [0.1, 0.15) is 0 Å². The molecule has 1 heterocycles. The molecule has 0 amide bonds. The Bertz CT molecular complexity index is 849. The second kappa shape index (κ2) is 7.80. The van der Waals surface area contributed by atoms with Crippen molar-refractivity contribution >= 4 is 21.4 Å².